The van der Waals surface area contributed by atoms with Crippen LogP contribution in [0.2, 0.25) is 0 Å². The fourth-order valence-corrected chi connectivity index (χ4v) is 1.25. The number of aliphatic hydroxyl groups is 1. The van der Waals surface area contributed by atoms with Crippen molar-refractivity contribution in [2.24, 2.45) is 0 Å². The molecular weight excluding hydrogens is 178 g/mol. The van der Waals surface area contributed by atoms with Crippen LogP contribution in [-0.4, -0.2) is 10.9 Å². The lowest BCUT2D eigenvalue weighted by molar-refractivity contribution is -0.113. The first kappa shape index (κ1) is 10.3. The van der Waals surface area contributed by atoms with E-state index in [1.807, 2.05) is 12.2 Å². The molecule has 1 aliphatic carbocycles. The van der Waals surface area contributed by atoms with Crippen LogP contribution in [0.25, 0.3) is 4.85 Å². The SMILES string of the molecule is [C-]#[N+]/C(C(C)=O)=C(/O)C1=CC=CCC1. The third-order valence-corrected chi connectivity index (χ3v) is 1.99. The normalized spacial score (nSPS) is 16.7. The molecule has 0 heterocycles. The second-order valence-corrected chi connectivity index (χ2v) is 3.02. The molecule has 0 atom stereocenters. The summed E-state index contributed by atoms with van der Waals surface area (Å²) < 4.78 is 0. The zero-order valence-electron chi connectivity index (χ0n) is 7.95. The lowest BCUT2D eigenvalue weighted by Crippen LogP contribution is -2.01. The zero-order valence-corrected chi connectivity index (χ0v) is 7.95. The van der Waals surface area contributed by atoms with Gasteiger partial charge in [-0.25, -0.2) is 4.85 Å². The van der Waals surface area contributed by atoms with Crippen molar-refractivity contribution < 1.29 is 9.90 Å². The van der Waals surface area contributed by atoms with E-state index in [9.17, 15) is 9.90 Å². The summed E-state index contributed by atoms with van der Waals surface area (Å²) in [5.74, 6) is -0.565. The van der Waals surface area contributed by atoms with Crippen molar-refractivity contribution in [1.29, 1.82) is 0 Å². The molecule has 0 saturated heterocycles. The number of ketones is 1. The molecule has 0 fully saturated rings. The molecule has 0 aliphatic heterocycles. The van der Waals surface area contributed by atoms with E-state index in [0.29, 0.717) is 12.0 Å². The number of aliphatic hydroxyl groups excluding tert-OH is 1. The lowest BCUT2D eigenvalue weighted by atomic mass is 10.0. The van der Waals surface area contributed by atoms with Gasteiger partial charge in [-0.1, -0.05) is 18.2 Å². The van der Waals surface area contributed by atoms with E-state index in [1.54, 1.807) is 6.08 Å². The molecule has 1 N–H and O–H groups in total. The minimum absolute atomic E-state index is 0.170. The van der Waals surface area contributed by atoms with Crippen LogP contribution >= 0.6 is 0 Å². The van der Waals surface area contributed by atoms with Crippen LogP contribution in [0.3, 0.4) is 0 Å². The fourth-order valence-electron chi connectivity index (χ4n) is 1.25. The molecule has 0 radical (unpaired) electrons. The second kappa shape index (κ2) is 4.43. The maximum absolute atomic E-state index is 11.0. The predicted molar refractivity (Wildman–Crippen MR) is 53.4 cm³/mol. The van der Waals surface area contributed by atoms with Crippen molar-refractivity contribution in [3.8, 4) is 0 Å². The van der Waals surface area contributed by atoms with Gasteiger partial charge < -0.3 is 9.90 Å². The Hall–Kier alpha value is -1.82. The standard InChI is InChI=1S/C11H11NO2/c1-8(13)10(12-2)11(14)9-6-4-3-5-7-9/h3-4,6,14H,5,7H2,1H3/b11-10+. The van der Waals surface area contributed by atoms with Gasteiger partial charge in [0.2, 0.25) is 0 Å². The molecular formula is C11H11NO2. The van der Waals surface area contributed by atoms with E-state index in [0.717, 1.165) is 6.42 Å². The van der Waals surface area contributed by atoms with Crippen molar-refractivity contribution in [2.75, 3.05) is 0 Å². The molecule has 0 aromatic carbocycles. The molecule has 0 aromatic heterocycles. The Kier molecular flexibility index (Phi) is 3.24. The summed E-state index contributed by atoms with van der Waals surface area (Å²) >= 11 is 0. The number of nitrogens with zero attached hydrogens (tertiary/aromatic N) is 1. The second-order valence-electron chi connectivity index (χ2n) is 3.02. The van der Waals surface area contributed by atoms with Crippen LogP contribution in [-0.2, 0) is 4.79 Å². The number of hydrogen-bond donors (Lipinski definition) is 1. The fraction of sp³-hybridized carbons (Fsp3) is 0.273. The van der Waals surface area contributed by atoms with Crippen LogP contribution in [0.1, 0.15) is 19.8 Å². The molecule has 14 heavy (non-hydrogen) atoms. The maximum Gasteiger partial charge on any atom is 0.269 e. The average Bonchev–Trinajstić information content (AvgIpc) is 2.19. The summed E-state index contributed by atoms with van der Waals surface area (Å²) in [4.78, 5) is 14.0. The summed E-state index contributed by atoms with van der Waals surface area (Å²) in [5.41, 5.74) is 0.486. The van der Waals surface area contributed by atoms with E-state index in [4.69, 9.17) is 6.57 Å². The molecule has 3 nitrogen and oxygen atoms in total. The van der Waals surface area contributed by atoms with E-state index in [-0.39, 0.29) is 11.5 Å². The Labute approximate surface area is 82.9 Å². The molecule has 0 bridgehead atoms. The highest BCUT2D eigenvalue weighted by atomic mass is 16.3. The summed E-state index contributed by atoms with van der Waals surface area (Å²) in [6.45, 7) is 8.06. The van der Waals surface area contributed by atoms with Crippen molar-refractivity contribution in [3.05, 3.63) is 46.7 Å². The van der Waals surface area contributed by atoms with Gasteiger partial charge in [0.25, 0.3) is 5.70 Å². The van der Waals surface area contributed by atoms with Gasteiger partial charge in [-0.05, 0) is 25.3 Å². The van der Waals surface area contributed by atoms with E-state index < -0.39 is 5.78 Å². The first-order valence-corrected chi connectivity index (χ1v) is 4.34. The summed E-state index contributed by atoms with van der Waals surface area (Å²) in [6.07, 6.45) is 7.03. The van der Waals surface area contributed by atoms with E-state index in [2.05, 4.69) is 4.85 Å². The highest BCUT2D eigenvalue weighted by Gasteiger charge is 2.15. The Morgan fingerprint density at radius 3 is 2.79 bits per heavy atom. The molecule has 72 valence electrons. The number of allylic oxidation sites excluding steroid dienone is 5. The maximum atomic E-state index is 11.0. The minimum atomic E-state index is -0.395. The van der Waals surface area contributed by atoms with Gasteiger partial charge >= 0.3 is 0 Å². The predicted octanol–water partition coefficient (Wildman–Crippen LogP) is 2.54. The summed E-state index contributed by atoms with van der Waals surface area (Å²) in [5, 5.41) is 9.65. The Bertz CT molecular complexity index is 381. The van der Waals surface area contributed by atoms with Gasteiger partial charge in [0.15, 0.2) is 5.78 Å². The molecule has 0 amide bonds. The van der Waals surface area contributed by atoms with Crippen LogP contribution in [0.5, 0.6) is 0 Å². The molecule has 0 unspecified atom stereocenters. The Balaban J connectivity index is 3.08. The number of hydrogen-bond acceptors (Lipinski definition) is 2. The summed E-state index contributed by atoms with van der Waals surface area (Å²) in [6, 6.07) is 0. The topological polar surface area (TPSA) is 41.7 Å². The molecule has 0 aromatic rings. The Morgan fingerprint density at radius 1 is 1.64 bits per heavy atom. The molecule has 0 spiro atoms. The van der Waals surface area contributed by atoms with Crippen molar-refractivity contribution in [3.63, 3.8) is 0 Å². The first-order chi connectivity index (χ1) is 6.66. The van der Waals surface area contributed by atoms with Gasteiger partial charge in [-0.15, -0.1) is 0 Å². The van der Waals surface area contributed by atoms with E-state index >= 15 is 0 Å². The van der Waals surface area contributed by atoms with E-state index in [1.165, 1.54) is 6.92 Å². The van der Waals surface area contributed by atoms with Crippen LogP contribution in [0, 0.1) is 6.57 Å². The number of Topliss-reactive ketones (excluding diaryl/α,β-unsaturated/α-hetero) is 1. The average molecular weight is 189 g/mol. The Morgan fingerprint density at radius 2 is 2.36 bits per heavy atom. The van der Waals surface area contributed by atoms with Crippen LogP contribution in [0.15, 0.2) is 35.3 Å². The first-order valence-electron chi connectivity index (χ1n) is 4.34. The quantitative estimate of drug-likeness (QED) is 0.412. The molecule has 1 aliphatic rings. The minimum Gasteiger partial charge on any atom is -0.519 e. The third-order valence-electron chi connectivity index (χ3n) is 1.99. The van der Waals surface area contributed by atoms with Gasteiger partial charge in [-0.3, -0.25) is 0 Å². The molecule has 3 heteroatoms. The molecule has 0 saturated carbocycles. The van der Waals surface area contributed by atoms with Gasteiger partial charge in [0, 0.05) is 0 Å². The highest BCUT2D eigenvalue weighted by molar-refractivity contribution is 5.96. The van der Waals surface area contributed by atoms with Crippen LogP contribution < -0.4 is 0 Å². The molecule has 1 rings (SSSR count). The summed E-state index contributed by atoms with van der Waals surface area (Å²) in [7, 11) is 0. The zero-order chi connectivity index (χ0) is 10.6. The highest BCUT2D eigenvalue weighted by Crippen LogP contribution is 2.21. The monoisotopic (exact) mass is 189 g/mol. The number of rotatable bonds is 2. The van der Waals surface area contributed by atoms with Gasteiger partial charge in [0.1, 0.15) is 5.76 Å². The largest absolute Gasteiger partial charge is 0.519 e. The van der Waals surface area contributed by atoms with Gasteiger partial charge in [0.05, 0.1) is 6.57 Å². The van der Waals surface area contributed by atoms with Crippen LogP contribution in [0.4, 0.5) is 0 Å². The third kappa shape index (κ3) is 2.11. The van der Waals surface area contributed by atoms with Crippen molar-refractivity contribution in [2.45, 2.75) is 19.8 Å². The van der Waals surface area contributed by atoms with Crippen molar-refractivity contribution in [1.82, 2.24) is 0 Å². The number of carbonyl (C=O) groups excluding carboxylic acids is 1. The smallest absolute Gasteiger partial charge is 0.269 e. The van der Waals surface area contributed by atoms with Gasteiger partial charge in [-0.2, -0.15) is 0 Å². The van der Waals surface area contributed by atoms with Crippen molar-refractivity contribution >= 4 is 5.78 Å². The number of carbonyl (C=O) groups is 1. The lowest BCUT2D eigenvalue weighted by Gasteiger charge is -2.08.